The van der Waals surface area contributed by atoms with E-state index in [0.29, 0.717) is 22.8 Å². The van der Waals surface area contributed by atoms with Crippen LogP contribution in [-0.4, -0.2) is 33.5 Å². The summed E-state index contributed by atoms with van der Waals surface area (Å²) in [7, 11) is 4.66. The highest BCUT2D eigenvalue weighted by molar-refractivity contribution is 9.10. The lowest BCUT2D eigenvalue weighted by Crippen LogP contribution is -2.18. The Bertz CT molecular complexity index is 806. The predicted molar refractivity (Wildman–Crippen MR) is 100 cm³/mol. The molecule has 2 aromatic carbocycles. The summed E-state index contributed by atoms with van der Waals surface area (Å²) in [6, 6.07) is 8.82. The number of hydrogen-bond acceptors (Lipinski definition) is 5. The predicted octanol–water partition coefficient (Wildman–Crippen LogP) is 3.55. The average molecular weight is 407 g/mol. The smallest absolute Gasteiger partial charge is 0.275 e. The summed E-state index contributed by atoms with van der Waals surface area (Å²) in [6.45, 7) is 1.92. The fourth-order valence-electron chi connectivity index (χ4n) is 2.21. The Hall–Kier alpha value is -2.54. The zero-order valence-corrected chi connectivity index (χ0v) is 16.0. The van der Waals surface area contributed by atoms with E-state index in [-0.39, 0.29) is 5.91 Å². The maximum absolute atomic E-state index is 12.3. The van der Waals surface area contributed by atoms with Crippen molar-refractivity contribution in [2.24, 2.45) is 5.10 Å². The molecule has 0 aliphatic rings. The summed E-state index contributed by atoms with van der Waals surface area (Å²) < 4.78 is 16.5. The van der Waals surface area contributed by atoms with Gasteiger partial charge in [0.2, 0.25) is 0 Å². The van der Waals surface area contributed by atoms with Gasteiger partial charge in [-0.15, -0.1) is 0 Å². The molecule has 0 heterocycles. The van der Waals surface area contributed by atoms with Crippen molar-refractivity contribution in [3.63, 3.8) is 0 Å². The molecule has 6 nitrogen and oxygen atoms in total. The van der Waals surface area contributed by atoms with Gasteiger partial charge in [0.15, 0.2) is 11.5 Å². The summed E-state index contributed by atoms with van der Waals surface area (Å²) in [6.07, 6.45) is 1.56. The third-order valence-corrected chi connectivity index (χ3v) is 4.04. The molecule has 0 aliphatic heterocycles. The van der Waals surface area contributed by atoms with Crippen LogP contribution in [0, 0.1) is 6.92 Å². The molecule has 0 fully saturated rings. The minimum atomic E-state index is -0.368. The standard InChI is InChI=1S/C18H19BrN2O4/c1-11-7-16(24-3)17(25-4)8-12(11)10-20-21-18(22)14-9-13(19)5-6-15(14)23-2/h5-10H,1-4H3,(H,21,22)/b20-10-. The minimum Gasteiger partial charge on any atom is -0.496 e. The van der Waals surface area contributed by atoms with Gasteiger partial charge in [-0.25, -0.2) is 5.43 Å². The molecule has 0 atom stereocenters. The molecule has 1 N–H and O–H groups in total. The van der Waals surface area contributed by atoms with Crippen LogP contribution in [0.4, 0.5) is 0 Å². The van der Waals surface area contributed by atoms with Crippen LogP contribution in [0.25, 0.3) is 0 Å². The zero-order valence-electron chi connectivity index (χ0n) is 14.4. The van der Waals surface area contributed by atoms with E-state index in [1.807, 2.05) is 13.0 Å². The van der Waals surface area contributed by atoms with Gasteiger partial charge in [-0.3, -0.25) is 4.79 Å². The summed E-state index contributed by atoms with van der Waals surface area (Å²) in [5, 5.41) is 4.02. The summed E-state index contributed by atoms with van der Waals surface area (Å²) in [5.74, 6) is 1.33. The topological polar surface area (TPSA) is 69.2 Å². The number of hydrazone groups is 1. The summed E-state index contributed by atoms with van der Waals surface area (Å²) in [4.78, 5) is 12.3. The number of methoxy groups -OCH3 is 3. The Morgan fingerprint density at radius 1 is 1.04 bits per heavy atom. The quantitative estimate of drug-likeness (QED) is 0.588. The average Bonchev–Trinajstić information content (AvgIpc) is 2.62. The van der Waals surface area contributed by atoms with Gasteiger partial charge in [-0.1, -0.05) is 15.9 Å². The Morgan fingerprint density at radius 3 is 2.32 bits per heavy atom. The van der Waals surface area contributed by atoms with Crippen LogP contribution in [0.2, 0.25) is 0 Å². The second-order valence-corrected chi connectivity index (χ2v) is 6.02. The molecule has 0 saturated carbocycles. The zero-order chi connectivity index (χ0) is 18.4. The molecule has 25 heavy (non-hydrogen) atoms. The third kappa shape index (κ3) is 4.51. The molecule has 0 radical (unpaired) electrons. The molecule has 0 aromatic heterocycles. The lowest BCUT2D eigenvalue weighted by atomic mass is 10.1. The molecule has 1 amide bonds. The maximum atomic E-state index is 12.3. The lowest BCUT2D eigenvalue weighted by Gasteiger charge is -2.10. The fourth-order valence-corrected chi connectivity index (χ4v) is 2.57. The van der Waals surface area contributed by atoms with Crippen LogP contribution in [0.1, 0.15) is 21.5 Å². The van der Waals surface area contributed by atoms with Gasteiger partial charge in [0, 0.05) is 10.0 Å². The number of hydrogen-bond donors (Lipinski definition) is 1. The number of carbonyl (C=O) groups is 1. The molecule has 2 aromatic rings. The Kier molecular flexibility index (Phi) is 6.41. The minimum absolute atomic E-state index is 0.368. The first-order valence-corrected chi connectivity index (χ1v) is 8.19. The first-order valence-electron chi connectivity index (χ1n) is 7.39. The van der Waals surface area contributed by atoms with Crippen molar-refractivity contribution < 1.29 is 19.0 Å². The molecule has 0 saturated heterocycles. The number of ether oxygens (including phenoxy) is 3. The van der Waals surface area contributed by atoms with Crippen molar-refractivity contribution in [1.82, 2.24) is 5.43 Å². The van der Waals surface area contributed by atoms with Crippen molar-refractivity contribution in [3.8, 4) is 17.2 Å². The van der Waals surface area contributed by atoms with Gasteiger partial charge in [0.05, 0.1) is 33.1 Å². The second-order valence-electron chi connectivity index (χ2n) is 5.11. The van der Waals surface area contributed by atoms with Crippen molar-refractivity contribution in [2.75, 3.05) is 21.3 Å². The highest BCUT2D eigenvalue weighted by atomic mass is 79.9. The van der Waals surface area contributed by atoms with E-state index in [1.54, 1.807) is 44.7 Å². The van der Waals surface area contributed by atoms with Gasteiger partial charge in [0.25, 0.3) is 5.91 Å². The van der Waals surface area contributed by atoms with E-state index in [0.717, 1.165) is 15.6 Å². The van der Waals surface area contributed by atoms with Crippen LogP contribution in [-0.2, 0) is 0 Å². The monoisotopic (exact) mass is 406 g/mol. The summed E-state index contributed by atoms with van der Waals surface area (Å²) in [5.41, 5.74) is 4.63. The van der Waals surface area contributed by atoms with E-state index in [9.17, 15) is 4.79 Å². The van der Waals surface area contributed by atoms with Crippen LogP contribution >= 0.6 is 15.9 Å². The molecular weight excluding hydrogens is 388 g/mol. The Morgan fingerprint density at radius 2 is 1.68 bits per heavy atom. The highest BCUT2D eigenvalue weighted by Crippen LogP contribution is 2.29. The number of nitrogens with one attached hydrogen (secondary N) is 1. The van der Waals surface area contributed by atoms with Gasteiger partial charge in [0.1, 0.15) is 5.75 Å². The molecule has 0 aliphatic carbocycles. The Balaban J connectivity index is 2.18. The molecule has 0 spiro atoms. The fraction of sp³-hybridized carbons (Fsp3) is 0.222. The van der Waals surface area contributed by atoms with Gasteiger partial charge in [-0.2, -0.15) is 5.10 Å². The molecule has 132 valence electrons. The van der Waals surface area contributed by atoms with E-state index in [2.05, 4.69) is 26.5 Å². The number of rotatable bonds is 6. The van der Waals surface area contributed by atoms with Gasteiger partial charge in [-0.05, 0) is 42.8 Å². The Labute approximate surface area is 154 Å². The van der Waals surface area contributed by atoms with Crippen LogP contribution in [0.15, 0.2) is 39.9 Å². The molecule has 2 rings (SSSR count). The van der Waals surface area contributed by atoms with Crippen LogP contribution < -0.4 is 19.6 Å². The van der Waals surface area contributed by atoms with E-state index >= 15 is 0 Å². The van der Waals surface area contributed by atoms with Crippen molar-refractivity contribution >= 4 is 28.1 Å². The number of nitrogens with zero attached hydrogens (tertiary/aromatic N) is 1. The molecule has 0 bridgehead atoms. The summed E-state index contributed by atoms with van der Waals surface area (Å²) >= 11 is 3.34. The van der Waals surface area contributed by atoms with Gasteiger partial charge < -0.3 is 14.2 Å². The van der Waals surface area contributed by atoms with Crippen molar-refractivity contribution in [1.29, 1.82) is 0 Å². The first-order chi connectivity index (χ1) is 12.0. The second kappa shape index (κ2) is 8.53. The number of carbonyl (C=O) groups excluding carboxylic acids is 1. The molecule has 0 unspecified atom stereocenters. The largest absolute Gasteiger partial charge is 0.496 e. The third-order valence-electron chi connectivity index (χ3n) is 3.55. The molecule has 7 heteroatoms. The number of amides is 1. The van der Waals surface area contributed by atoms with Gasteiger partial charge >= 0.3 is 0 Å². The van der Waals surface area contributed by atoms with Crippen LogP contribution in [0.5, 0.6) is 17.2 Å². The lowest BCUT2D eigenvalue weighted by molar-refractivity contribution is 0.0952. The maximum Gasteiger partial charge on any atom is 0.275 e. The van der Waals surface area contributed by atoms with E-state index < -0.39 is 0 Å². The number of halogens is 1. The number of benzene rings is 2. The molecular formula is C18H19BrN2O4. The van der Waals surface area contributed by atoms with E-state index in [4.69, 9.17) is 14.2 Å². The van der Waals surface area contributed by atoms with Crippen LogP contribution in [0.3, 0.4) is 0 Å². The highest BCUT2D eigenvalue weighted by Gasteiger charge is 2.12. The normalized spacial score (nSPS) is 10.6. The van der Waals surface area contributed by atoms with Crippen molar-refractivity contribution in [2.45, 2.75) is 6.92 Å². The van der Waals surface area contributed by atoms with E-state index in [1.165, 1.54) is 7.11 Å². The number of aryl methyl sites for hydroxylation is 1. The SMILES string of the molecule is COc1cc(C)c(/C=N\NC(=O)c2cc(Br)ccc2OC)cc1OC. The van der Waals surface area contributed by atoms with Crippen molar-refractivity contribution in [3.05, 3.63) is 51.5 Å². The first kappa shape index (κ1) is 18.8.